The van der Waals surface area contributed by atoms with Crippen LogP contribution in [-0.2, 0) is 6.54 Å². The minimum absolute atomic E-state index is 0.318. The summed E-state index contributed by atoms with van der Waals surface area (Å²) in [7, 11) is 0. The van der Waals surface area contributed by atoms with E-state index in [1.165, 1.54) is 0 Å². The molecule has 0 aliphatic carbocycles. The minimum atomic E-state index is 0.318. The highest BCUT2D eigenvalue weighted by Crippen LogP contribution is 2.19. The van der Waals surface area contributed by atoms with Crippen LogP contribution in [0.25, 0.3) is 0 Å². The van der Waals surface area contributed by atoms with E-state index in [1.54, 1.807) is 0 Å². The van der Waals surface area contributed by atoms with Gasteiger partial charge in [-0.1, -0.05) is 13.8 Å². The van der Waals surface area contributed by atoms with E-state index < -0.39 is 0 Å². The first-order valence-corrected chi connectivity index (χ1v) is 7.14. The molecular formula is C14H25N3O. The number of rotatable bonds is 6. The molecule has 4 heteroatoms. The smallest absolute Gasteiger partial charge is 0.0764 e. The van der Waals surface area contributed by atoms with Gasteiger partial charge in [0.25, 0.3) is 0 Å². The second kappa shape index (κ2) is 6.34. The molecule has 0 amide bonds. The summed E-state index contributed by atoms with van der Waals surface area (Å²) in [6, 6.07) is 2.66. The minimum Gasteiger partial charge on any atom is -0.396 e. The van der Waals surface area contributed by atoms with Crippen LogP contribution in [0.15, 0.2) is 12.3 Å². The highest BCUT2D eigenvalue weighted by atomic mass is 16.3. The fourth-order valence-electron chi connectivity index (χ4n) is 2.76. The zero-order chi connectivity index (χ0) is 13.0. The molecule has 0 spiro atoms. The number of hydrogen-bond acceptors (Lipinski definition) is 3. The van der Waals surface area contributed by atoms with Crippen molar-refractivity contribution in [3.8, 4) is 0 Å². The second-order valence-electron chi connectivity index (χ2n) is 5.33. The lowest BCUT2D eigenvalue weighted by Crippen LogP contribution is -2.21. The maximum Gasteiger partial charge on any atom is 0.0764 e. The van der Waals surface area contributed by atoms with Gasteiger partial charge in [0.05, 0.1) is 11.7 Å². The van der Waals surface area contributed by atoms with Gasteiger partial charge in [0.1, 0.15) is 0 Å². The summed E-state index contributed by atoms with van der Waals surface area (Å²) in [5, 5.41) is 13.8. The molecule has 2 heterocycles. The number of nitrogens with zero attached hydrogens (tertiary/aromatic N) is 3. The number of hydrogen-bond donors (Lipinski definition) is 1. The Morgan fingerprint density at radius 2 is 2.22 bits per heavy atom. The largest absolute Gasteiger partial charge is 0.396 e. The Morgan fingerprint density at radius 1 is 1.44 bits per heavy atom. The lowest BCUT2D eigenvalue weighted by atomic mass is 10.1. The van der Waals surface area contributed by atoms with Crippen LogP contribution >= 0.6 is 0 Å². The quantitative estimate of drug-likeness (QED) is 0.841. The molecule has 4 nitrogen and oxygen atoms in total. The third-order valence-corrected chi connectivity index (χ3v) is 3.99. The first-order chi connectivity index (χ1) is 8.76. The Balaban J connectivity index is 1.91. The molecule has 1 fully saturated rings. The van der Waals surface area contributed by atoms with E-state index in [0.717, 1.165) is 44.6 Å². The molecule has 1 atom stereocenters. The first kappa shape index (κ1) is 13.6. The van der Waals surface area contributed by atoms with Crippen molar-refractivity contribution in [3.05, 3.63) is 18.0 Å². The average Bonchev–Trinajstić information content (AvgIpc) is 3.01. The van der Waals surface area contributed by atoms with E-state index in [4.69, 9.17) is 5.11 Å². The highest BCUT2D eigenvalue weighted by molar-refractivity contribution is 5.00. The Hall–Kier alpha value is -0.870. The van der Waals surface area contributed by atoms with Crippen LogP contribution in [0.3, 0.4) is 0 Å². The third kappa shape index (κ3) is 3.12. The maximum absolute atomic E-state index is 9.14. The zero-order valence-electron chi connectivity index (χ0n) is 11.5. The van der Waals surface area contributed by atoms with Crippen LogP contribution in [0.1, 0.15) is 44.8 Å². The molecule has 0 aromatic carbocycles. The monoisotopic (exact) mass is 251 g/mol. The summed E-state index contributed by atoms with van der Waals surface area (Å²) >= 11 is 0. The SMILES string of the molecule is CCC(CC)n1ccc(CN2CCC(CO)C2)n1. The van der Waals surface area contributed by atoms with Crippen molar-refractivity contribution < 1.29 is 5.11 Å². The number of aliphatic hydroxyl groups excluding tert-OH is 1. The lowest BCUT2D eigenvalue weighted by molar-refractivity contribution is 0.219. The van der Waals surface area contributed by atoms with Gasteiger partial charge in [0.15, 0.2) is 0 Å². The van der Waals surface area contributed by atoms with Crippen molar-refractivity contribution >= 4 is 0 Å². The van der Waals surface area contributed by atoms with E-state index >= 15 is 0 Å². The molecule has 1 N–H and O–H groups in total. The highest BCUT2D eigenvalue weighted by Gasteiger charge is 2.22. The van der Waals surface area contributed by atoms with Gasteiger partial charge in [-0.05, 0) is 37.8 Å². The van der Waals surface area contributed by atoms with Crippen LogP contribution in [0.4, 0.5) is 0 Å². The fraction of sp³-hybridized carbons (Fsp3) is 0.786. The molecule has 1 saturated heterocycles. The Kier molecular flexibility index (Phi) is 4.78. The molecule has 102 valence electrons. The van der Waals surface area contributed by atoms with Gasteiger partial charge in [-0.2, -0.15) is 5.10 Å². The van der Waals surface area contributed by atoms with E-state index in [0.29, 0.717) is 18.6 Å². The fourth-order valence-corrected chi connectivity index (χ4v) is 2.76. The van der Waals surface area contributed by atoms with Gasteiger partial charge >= 0.3 is 0 Å². The summed E-state index contributed by atoms with van der Waals surface area (Å²) in [6.07, 6.45) is 5.48. The predicted molar refractivity (Wildman–Crippen MR) is 72.3 cm³/mol. The van der Waals surface area contributed by atoms with Crippen molar-refractivity contribution in [1.29, 1.82) is 0 Å². The average molecular weight is 251 g/mol. The molecule has 1 aliphatic rings. The van der Waals surface area contributed by atoms with Gasteiger partial charge in [-0.25, -0.2) is 0 Å². The first-order valence-electron chi connectivity index (χ1n) is 7.14. The van der Waals surface area contributed by atoms with Gasteiger partial charge < -0.3 is 5.11 Å². The summed E-state index contributed by atoms with van der Waals surface area (Å²) in [5.41, 5.74) is 1.15. The van der Waals surface area contributed by atoms with Crippen LogP contribution < -0.4 is 0 Å². The van der Waals surface area contributed by atoms with Crippen molar-refractivity contribution in [1.82, 2.24) is 14.7 Å². The standard InChI is InChI=1S/C14H25N3O/c1-3-14(4-2)17-8-6-13(15-17)10-16-7-5-12(9-16)11-18/h6,8,12,14,18H,3-5,7,9-11H2,1-2H3. The Labute approximate surface area is 110 Å². The van der Waals surface area contributed by atoms with Gasteiger partial charge in [-0.15, -0.1) is 0 Å². The van der Waals surface area contributed by atoms with E-state index in [-0.39, 0.29) is 0 Å². The van der Waals surface area contributed by atoms with Crippen molar-refractivity contribution in [2.45, 2.75) is 45.7 Å². The Morgan fingerprint density at radius 3 is 2.83 bits per heavy atom. The lowest BCUT2D eigenvalue weighted by Gasteiger charge is -2.15. The van der Waals surface area contributed by atoms with Crippen LogP contribution in [0.5, 0.6) is 0 Å². The van der Waals surface area contributed by atoms with Crippen molar-refractivity contribution in [2.24, 2.45) is 5.92 Å². The summed E-state index contributed by atoms with van der Waals surface area (Å²) < 4.78 is 2.11. The van der Waals surface area contributed by atoms with Gasteiger partial charge in [-0.3, -0.25) is 9.58 Å². The molecule has 1 unspecified atom stereocenters. The van der Waals surface area contributed by atoms with E-state index in [2.05, 4.69) is 40.8 Å². The van der Waals surface area contributed by atoms with Crippen LogP contribution in [-0.4, -0.2) is 39.5 Å². The molecule has 0 radical (unpaired) electrons. The maximum atomic E-state index is 9.14. The molecular weight excluding hydrogens is 226 g/mol. The summed E-state index contributed by atoms with van der Waals surface area (Å²) in [6.45, 7) is 7.75. The second-order valence-corrected chi connectivity index (χ2v) is 5.33. The number of aromatic nitrogens is 2. The molecule has 18 heavy (non-hydrogen) atoms. The third-order valence-electron chi connectivity index (χ3n) is 3.99. The molecule has 1 aromatic rings. The summed E-state index contributed by atoms with van der Waals surface area (Å²) in [5.74, 6) is 0.464. The van der Waals surface area contributed by atoms with Gasteiger partial charge in [0, 0.05) is 25.9 Å². The van der Waals surface area contributed by atoms with Crippen molar-refractivity contribution in [3.63, 3.8) is 0 Å². The molecule has 2 rings (SSSR count). The summed E-state index contributed by atoms with van der Waals surface area (Å²) in [4.78, 5) is 2.39. The van der Waals surface area contributed by atoms with Crippen molar-refractivity contribution in [2.75, 3.05) is 19.7 Å². The normalized spacial score (nSPS) is 21.0. The van der Waals surface area contributed by atoms with Gasteiger partial charge in [0.2, 0.25) is 0 Å². The number of likely N-dealkylation sites (tertiary alicyclic amines) is 1. The van der Waals surface area contributed by atoms with Crippen LogP contribution in [0.2, 0.25) is 0 Å². The Bertz CT molecular complexity index is 360. The zero-order valence-corrected chi connectivity index (χ0v) is 11.5. The topological polar surface area (TPSA) is 41.3 Å². The predicted octanol–water partition coefficient (Wildman–Crippen LogP) is 2.06. The number of aliphatic hydroxyl groups is 1. The van der Waals surface area contributed by atoms with E-state index in [9.17, 15) is 0 Å². The molecule has 1 aliphatic heterocycles. The molecule has 0 bridgehead atoms. The van der Waals surface area contributed by atoms with E-state index in [1.807, 2.05) is 0 Å². The van der Waals surface area contributed by atoms with Crippen LogP contribution in [0, 0.1) is 5.92 Å². The molecule has 0 saturated carbocycles. The molecule has 1 aromatic heterocycles.